The number of hydrogen-bond acceptors (Lipinski definition) is 5. The van der Waals surface area contributed by atoms with E-state index in [1.165, 1.54) is 4.90 Å². The van der Waals surface area contributed by atoms with Crippen LogP contribution in [0, 0.1) is 5.21 Å². The van der Waals surface area contributed by atoms with Gasteiger partial charge in [-0.25, -0.2) is 10.4 Å². The summed E-state index contributed by atoms with van der Waals surface area (Å²) in [6, 6.07) is 7.63. The molecule has 4 unspecified atom stereocenters. The lowest BCUT2D eigenvalue weighted by Gasteiger charge is -2.36. The van der Waals surface area contributed by atoms with Gasteiger partial charge in [0, 0.05) is 13.0 Å². The Hall–Kier alpha value is -2.49. The highest BCUT2D eigenvalue weighted by Crippen LogP contribution is 2.24. The molecule has 2 heterocycles. The van der Waals surface area contributed by atoms with Gasteiger partial charge in [0.05, 0.1) is 12.5 Å². The van der Waals surface area contributed by atoms with E-state index in [1.54, 1.807) is 0 Å². The van der Waals surface area contributed by atoms with E-state index >= 15 is 0 Å². The largest absolute Gasteiger partial charge is 0.600 e. The second-order valence-corrected chi connectivity index (χ2v) is 6.58. The molecule has 0 aliphatic carbocycles. The van der Waals surface area contributed by atoms with Crippen molar-refractivity contribution in [3.05, 3.63) is 41.1 Å². The van der Waals surface area contributed by atoms with Gasteiger partial charge >= 0.3 is 0 Å². The van der Waals surface area contributed by atoms with Crippen LogP contribution in [0.4, 0.5) is 0 Å². The predicted molar refractivity (Wildman–Crippen MR) is 89.7 cm³/mol. The van der Waals surface area contributed by atoms with Gasteiger partial charge < -0.3 is 20.7 Å². The van der Waals surface area contributed by atoms with E-state index in [9.17, 15) is 19.6 Å². The molecule has 2 fully saturated rings. The van der Waals surface area contributed by atoms with Gasteiger partial charge in [0.2, 0.25) is 17.7 Å². The highest BCUT2D eigenvalue weighted by Gasteiger charge is 2.48. The Morgan fingerprint density at radius 1 is 1.35 bits per heavy atom. The van der Waals surface area contributed by atoms with Crippen LogP contribution in [-0.2, 0) is 20.8 Å². The first-order valence-electron chi connectivity index (χ1n) is 8.61. The van der Waals surface area contributed by atoms with Crippen LogP contribution in [0.3, 0.4) is 0 Å². The molecule has 9 nitrogen and oxygen atoms in total. The van der Waals surface area contributed by atoms with Gasteiger partial charge in [-0.15, -0.1) is 0 Å². The Morgan fingerprint density at radius 2 is 2.08 bits per heavy atom. The van der Waals surface area contributed by atoms with Gasteiger partial charge in [0.25, 0.3) is 0 Å². The topological polar surface area (TPSA) is 126 Å². The van der Waals surface area contributed by atoms with Crippen LogP contribution in [0.25, 0.3) is 0 Å². The zero-order valence-corrected chi connectivity index (χ0v) is 14.2. The lowest BCUT2D eigenvalue weighted by atomic mass is 9.99. The second kappa shape index (κ2) is 7.81. The summed E-state index contributed by atoms with van der Waals surface area (Å²) >= 11 is 0. The van der Waals surface area contributed by atoms with Crippen molar-refractivity contribution in [1.82, 2.24) is 15.5 Å². The molecule has 3 amide bonds. The van der Waals surface area contributed by atoms with Crippen molar-refractivity contribution in [3.8, 4) is 0 Å². The molecule has 4 N–H and O–H groups in total. The van der Waals surface area contributed by atoms with Gasteiger partial charge in [-0.3, -0.25) is 14.4 Å². The number of carbonyl (C=O) groups excluding carboxylic acids is 3. The Morgan fingerprint density at radius 3 is 2.77 bits per heavy atom. The number of hydroxylamine groups is 2. The molecule has 0 bridgehead atoms. The van der Waals surface area contributed by atoms with Gasteiger partial charge in [-0.1, -0.05) is 30.3 Å². The predicted octanol–water partition coefficient (Wildman–Crippen LogP) is -2.02. The quantitative estimate of drug-likeness (QED) is 0.435. The minimum atomic E-state index is -1.05. The molecular formula is C17H22N4O5. The molecule has 1 aromatic carbocycles. The van der Waals surface area contributed by atoms with Crippen molar-refractivity contribution >= 4 is 17.7 Å². The summed E-state index contributed by atoms with van der Waals surface area (Å²) < 4.78 is 0. The van der Waals surface area contributed by atoms with E-state index in [2.05, 4.69) is 10.6 Å². The number of hydrogen-bond donors (Lipinski definition) is 4. The average molecular weight is 362 g/mol. The van der Waals surface area contributed by atoms with Crippen molar-refractivity contribution in [2.75, 3.05) is 13.1 Å². The lowest BCUT2D eigenvalue weighted by molar-refractivity contribution is -1.05. The Labute approximate surface area is 150 Å². The van der Waals surface area contributed by atoms with E-state index in [4.69, 9.17) is 5.21 Å². The van der Waals surface area contributed by atoms with Crippen molar-refractivity contribution in [2.45, 2.75) is 37.4 Å². The maximum absolute atomic E-state index is 12.7. The second-order valence-electron chi connectivity index (χ2n) is 6.58. The third-order valence-corrected chi connectivity index (χ3v) is 4.76. The number of benzene rings is 1. The number of rotatable bonds is 6. The van der Waals surface area contributed by atoms with Crippen molar-refractivity contribution in [2.24, 2.45) is 0 Å². The molecule has 1 aromatic rings. The molecule has 4 atom stereocenters. The minimum absolute atomic E-state index is 0.148. The molecule has 3 rings (SSSR count). The summed E-state index contributed by atoms with van der Waals surface area (Å²) in [6.07, 6.45) is 0.746. The van der Waals surface area contributed by atoms with Crippen LogP contribution in [0.2, 0.25) is 0 Å². The van der Waals surface area contributed by atoms with Crippen LogP contribution in [0.5, 0.6) is 0 Å². The molecule has 9 heteroatoms. The third-order valence-electron chi connectivity index (χ3n) is 4.76. The number of quaternary nitrogens is 1. The summed E-state index contributed by atoms with van der Waals surface area (Å²) in [5.41, 5.74) is 0.960. The Balaban J connectivity index is 1.62. The molecule has 0 radical (unpaired) electrons. The molecule has 2 aliphatic heterocycles. The first-order valence-corrected chi connectivity index (χ1v) is 8.61. The fraction of sp³-hybridized carbons (Fsp3) is 0.471. The number of amides is 3. The molecule has 2 saturated heterocycles. The summed E-state index contributed by atoms with van der Waals surface area (Å²) in [4.78, 5) is 38.6. The fourth-order valence-electron chi connectivity index (χ4n) is 3.52. The van der Waals surface area contributed by atoms with Crippen LogP contribution in [-0.4, -0.2) is 59.0 Å². The minimum Gasteiger partial charge on any atom is -0.600 e. The normalized spacial score (nSPS) is 26.2. The molecule has 0 spiro atoms. The van der Waals surface area contributed by atoms with E-state index in [1.807, 2.05) is 30.3 Å². The smallest absolute Gasteiger partial charge is 0.246 e. The Bertz CT molecular complexity index is 681. The molecule has 140 valence electrons. The first kappa shape index (κ1) is 18.3. The van der Waals surface area contributed by atoms with Crippen molar-refractivity contribution in [1.29, 1.82) is 0 Å². The number of nitrogens with zero attached hydrogens (tertiary/aromatic N) is 1. The molecular weight excluding hydrogens is 340 g/mol. The third kappa shape index (κ3) is 4.01. The highest BCUT2D eigenvalue weighted by atomic mass is 16.8. The van der Waals surface area contributed by atoms with E-state index in [-0.39, 0.29) is 24.8 Å². The van der Waals surface area contributed by atoms with Gasteiger partial charge in [0.1, 0.15) is 18.6 Å². The molecule has 0 aromatic heterocycles. The standard InChI is InChI=1S/C17H22N4O5/c22-14(7-9-21(25)26)18-12-6-8-20-15(12)16(23)19-13(17(20)24)10-11-4-2-1-3-5-11/h1-5,12-13,15,21,25H,6-10H2,(H,18,22)(H,19,23). The van der Waals surface area contributed by atoms with Gasteiger partial charge in [-0.2, -0.15) is 0 Å². The maximum Gasteiger partial charge on any atom is 0.246 e. The van der Waals surface area contributed by atoms with Gasteiger partial charge in [0.15, 0.2) is 0 Å². The highest BCUT2D eigenvalue weighted by molar-refractivity contribution is 5.98. The average Bonchev–Trinajstić information content (AvgIpc) is 3.03. The van der Waals surface area contributed by atoms with E-state index in [0.29, 0.717) is 19.4 Å². The number of nitrogens with one attached hydrogen (secondary N) is 3. The number of fused-ring (bicyclic) bond motifs is 1. The van der Waals surface area contributed by atoms with E-state index in [0.717, 1.165) is 5.56 Å². The summed E-state index contributed by atoms with van der Waals surface area (Å²) in [6.45, 7) is 0.128. The SMILES string of the molecule is O=C(CC[NH+]([O-])O)NC1CCN2C(=O)C(Cc3ccccc3)NC(=O)C12. The Kier molecular flexibility index (Phi) is 5.50. The summed E-state index contributed by atoms with van der Waals surface area (Å²) in [5.74, 6) is -0.863. The lowest BCUT2D eigenvalue weighted by Crippen LogP contribution is -3.04. The molecule has 0 saturated carbocycles. The molecule has 2 aliphatic rings. The van der Waals surface area contributed by atoms with Crippen LogP contribution < -0.4 is 15.9 Å². The number of carbonyl (C=O) groups is 3. The monoisotopic (exact) mass is 362 g/mol. The molecule has 26 heavy (non-hydrogen) atoms. The van der Waals surface area contributed by atoms with Crippen LogP contribution in [0.15, 0.2) is 30.3 Å². The zero-order chi connectivity index (χ0) is 18.7. The van der Waals surface area contributed by atoms with Crippen LogP contribution in [0.1, 0.15) is 18.4 Å². The zero-order valence-electron chi connectivity index (χ0n) is 14.2. The first-order chi connectivity index (χ1) is 12.5. The summed E-state index contributed by atoms with van der Waals surface area (Å²) in [5, 5.41) is 23.6. The maximum atomic E-state index is 12.7. The summed E-state index contributed by atoms with van der Waals surface area (Å²) in [7, 11) is 0. The van der Waals surface area contributed by atoms with Crippen molar-refractivity contribution < 1.29 is 24.8 Å². The van der Waals surface area contributed by atoms with Gasteiger partial charge in [-0.05, 0) is 12.0 Å². The fourth-order valence-corrected chi connectivity index (χ4v) is 3.52. The number of piperazine rings is 1. The van der Waals surface area contributed by atoms with Crippen LogP contribution >= 0.6 is 0 Å². The van der Waals surface area contributed by atoms with Crippen molar-refractivity contribution in [3.63, 3.8) is 0 Å². The van der Waals surface area contributed by atoms with E-state index < -0.39 is 29.3 Å².